The highest BCUT2D eigenvalue weighted by Crippen LogP contribution is 2.19. The van der Waals surface area contributed by atoms with E-state index in [0.717, 1.165) is 38.5 Å². The van der Waals surface area contributed by atoms with E-state index in [1.54, 1.807) is 0 Å². The fourth-order valence-electron chi connectivity index (χ4n) is 7.82. The number of hydrogen-bond acceptors (Lipinski definition) is 3. The zero-order valence-electron chi connectivity index (χ0n) is 35.5. The number of rotatable bonds is 44. The molecule has 0 saturated carbocycles. The van der Waals surface area contributed by atoms with Crippen molar-refractivity contribution in [1.82, 2.24) is 0 Å². The summed E-state index contributed by atoms with van der Waals surface area (Å²) in [5, 5.41) is 0. The molecule has 3 heteroatoms. The summed E-state index contributed by atoms with van der Waals surface area (Å²) in [5.41, 5.74) is 0. The second kappa shape index (κ2) is 43.5. The molecule has 0 aliphatic heterocycles. The molecular formula is C48H94O3. The Hall–Kier alpha value is -0.860. The van der Waals surface area contributed by atoms with Gasteiger partial charge in [-0.2, -0.15) is 0 Å². The number of carbonyl (C=O) groups excluding carboxylic acids is 2. The molecule has 51 heavy (non-hydrogen) atoms. The lowest BCUT2D eigenvalue weighted by Crippen LogP contribution is -2.16. The van der Waals surface area contributed by atoms with Gasteiger partial charge < -0.3 is 4.74 Å². The molecule has 0 aromatic rings. The quantitative estimate of drug-likeness (QED) is 0.0465. The van der Waals surface area contributed by atoms with Crippen molar-refractivity contribution in [3.63, 3.8) is 0 Å². The smallest absolute Gasteiger partial charge is 0.302 e. The van der Waals surface area contributed by atoms with Crippen molar-refractivity contribution >= 4 is 11.8 Å². The number of carbonyl (C=O) groups is 2. The van der Waals surface area contributed by atoms with Gasteiger partial charge in [0.25, 0.3) is 0 Å². The van der Waals surface area contributed by atoms with Crippen LogP contribution in [0, 0.1) is 0 Å². The van der Waals surface area contributed by atoms with Gasteiger partial charge in [0.05, 0.1) is 0 Å². The molecule has 1 atom stereocenters. The number of ether oxygens (including phenoxy) is 1. The van der Waals surface area contributed by atoms with E-state index in [-0.39, 0.29) is 12.1 Å². The third-order valence-corrected chi connectivity index (χ3v) is 11.3. The lowest BCUT2D eigenvalue weighted by molar-refractivity contribution is -0.147. The van der Waals surface area contributed by atoms with E-state index in [1.807, 2.05) is 0 Å². The molecule has 0 N–H and O–H groups in total. The molecule has 0 fully saturated rings. The molecule has 0 amide bonds. The molecule has 0 unspecified atom stereocenters. The molecule has 0 spiro atoms. The Balaban J connectivity index is 3.52. The topological polar surface area (TPSA) is 43.4 Å². The minimum absolute atomic E-state index is 0.00815. The Kier molecular flexibility index (Phi) is 42.8. The Morgan fingerprint density at radius 2 is 0.569 bits per heavy atom. The molecule has 0 saturated heterocycles. The second-order valence-electron chi connectivity index (χ2n) is 16.6. The zero-order chi connectivity index (χ0) is 37.1. The third-order valence-electron chi connectivity index (χ3n) is 11.3. The van der Waals surface area contributed by atoms with Crippen LogP contribution in [0.4, 0.5) is 0 Å². The van der Waals surface area contributed by atoms with Gasteiger partial charge in [-0.05, 0) is 32.1 Å². The Labute approximate surface area is 321 Å². The van der Waals surface area contributed by atoms with Gasteiger partial charge in [-0.1, -0.05) is 239 Å². The van der Waals surface area contributed by atoms with Crippen molar-refractivity contribution in [3.05, 3.63) is 0 Å². The van der Waals surface area contributed by atoms with Gasteiger partial charge in [-0.3, -0.25) is 9.59 Å². The number of hydrogen-bond donors (Lipinski definition) is 0. The summed E-state index contributed by atoms with van der Waals surface area (Å²) in [6.45, 7) is 6.11. The van der Waals surface area contributed by atoms with Crippen LogP contribution in [0.5, 0.6) is 0 Å². The summed E-state index contributed by atoms with van der Waals surface area (Å²) in [7, 11) is 0. The first-order valence-corrected chi connectivity index (χ1v) is 23.8. The van der Waals surface area contributed by atoms with Crippen LogP contribution in [0.15, 0.2) is 0 Å². The monoisotopic (exact) mass is 719 g/mol. The van der Waals surface area contributed by atoms with Gasteiger partial charge in [0, 0.05) is 19.8 Å². The van der Waals surface area contributed by atoms with E-state index in [1.165, 1.54) is 232 Å². The fourth-order valence-corrected chi connectivity index (χ4v) is 7.82. The molecule has 0 aromatic carbocycles. The van der Waals surface area contributed by atoms with Crippen LogP contribution in [0.2, 0.25) is 0 Å². The normalized spacial score (nSPS) is 12.1. The minimum Gasteiger partial charge on any atom is -0.463 e. The highest BCUT2D eigenvalue weighted by Gasteiger charge is 2.13. The van der Waals surface area contributed by atoms with Crippen LogP contribution in [0.3, 0.4) is 0 Å². The Bertz CT molecular complexity index is 688. The predicted octanol–water partition coefficient (Wildman–Crippen LogP) is 16.9. The van der Waals surface area contributed by atoms with Crippen molar-refractivity contribution in [2.45, 2.75) is 297 Å². The molecule has 0 aromatic heterocycles. The van der Waals surface area contributed by atoms with Crippen LogP contribution >= 0.6 is 0 Å². The first-order valence-electron chi connectivity index (χ1n) is 23.8. The Morgan fingerprint density at radius 1 is 0.333 bits per heavy atom. The standard InChI is InChI=1S/C48H94O3/c1-4-6-8-10-12-14-16-18-20-22-24-26-28-30-32-34-36-38-40-44-48(51-46(3)49)45-41-43-47(50)42-39-37-35-33-31-29-27-25-23-21-19-17-15-13-11-9-7-5-2/h48H,4-45H2,1-3H3/t48-/m1/s1. The lowest BCUT2D eigenvalue weighted by atomic mass is 10.00. The molecule has 0 aliphatic carbocycles. The maximum absolute atomic E-state index is 12.5. The first kappa shape index (κ1) is 50.1. The molecule has 0 rings (SSSR count). The summed E-state index contributed by atoms with van der Waals surface area (Å²) in [5.74, 6) is 0.222. The summed E-state index contributed by atoms with van der Waals surface area (Å²) in [4.78, 5) is 24.1. The molecule has 0 aliphatic rings. The largest absolute Gasteiger partial charge is 0.463 e. The van der Waals surface area contributed by atoms with Gasteiger partial charge >= 0.3 is 5.97 Å². The zero-order valence-corrected chi connectivity index (χ0v) is 35.5. The summed E-state index contributed by atoms with van der Waals surface area (Å²) in [6, 6.07) is 0. The van der Waals surface area contributed by atoms with Crippen molar-refractivity contribution < 1.29 is 14.3 Å². The highest BCUT2D eigenvalue weighted by atomic mass is 16.5. The molecule has 0 heterocycles. The predicted molar refractivity (Wildman–Crippen MR) is 226 cm³/mol. The number of Topliss-reactive ketones (excluding diaryl/α,β-unsaturated/α-hetero) is 1. The van der Waals surface area contributed by atoms with Crippen LogP contribution in [-0.2, 0) is 14.3 Å². The van der Waals surface area contributed by atoms with E-state index < -0.39 is 0 Å². The van der Waals surface area contributed by atoms with Gasteiger partial charge in [0.2, 0.25) is 0 Å². The molecular weight excluding hydrogens is 625 g/mol. The number of esters is 1. The average Bonchev–Trinajstić information content (AvgIpc) is 3.11. The molecule has 304 valence electrons. The van der Waals surface area contributed by atoms with Crippen LogP contribution in [0.1, 0.15) is 290 Å². The summed E-state index contributed by atoms with van der Waals surface area (Å²) < 4.78 is 5.62. The molecule has 0 bridgehead atoms. The van der Waals surface area contributed by atoms with Crippen molar-refractivity contribution in [1.29, 1.82) is 0 Å². The highest BCUT2D eigenvalue weighted by molar-refractivity contribution is 5.78. The van der Waals surface area contributed by atoms with Gasteiger partial charge in [-0.25, -0.2) is 0 Å². The number of unbranched alkanes of at least 4 members (excludes halogenated alkanes) is 35. The summed E-state index contributed by atoms with van der Waals surface area (Å²) in [6.07, 6.45) is 55.1. The summed E-state index contributed by atoms with van der Waals surface area (Å²) >= 11 is 0. The minimum atomic E-state index is -0.178. The van der Waals surface area contributed by atoms with Gasteiger partial charge in [0.15, 0.2) is 0 Å². The van der Waals surface area contributed by atoms with Crippen molar-refractivity contribution in [2.75, 3.05) is 0 Å². The maximum Gasteiger partial charge on any atom is 0.302 e. The van der Waals surface area contributed by atoms with E-state index in [2.05, 4.69) is 13.8 Å². The Morgan fingerprint density at radius 3 is 0.863 bits per heavy atom. The van der Waals surface area contributed by atoms with Gasteiger partial charge in [0.1, 0.15) is 11.9 Å². The van der Waals surface area contributed by atoms with E-state index in [4.69, 9.17) is 4.74 Å². The van der Waals surface area contributed by atoms with Crippen molar-refractivity contribution in [2.24, 2.45) is 0 Å². The van der Waals surface area contributed by atoms with Gasteiger partial charge in [-0.15, -0.1) is 0 Å². The van der Waals surface area contributed by atoms with E-state index in [0.29, 0.717) is 12.2 Å². The second-order valence-corrected chi connectivity index (χ2v) is 16.6. The SMILES string of the molecule is CCCCCCCCCCCCCCCCCCCCC[C@H](CCCC(=O)CCCCCCCCCCCCCCCCCCCC)OC(C)=O. The van der Waals surface area contributed by atoms with E-state index >= 15 is 0 Å². The third kappa shape index (κ3) is 43.4. The molecule has 0 radical (unpaired) electrons. The molecule has 3 nitrogen and oxygen atoms in total. The fraction of sp³-hybridized carbons (Fsp3) is 0.958. The van der Waals surface area contributed by atoms with Crippen LogP contribution in [-0.4, -0.2) is 17.9 Å². The number of ketones is 1. The first-order chi connectivity index (χ1) is 25.1. The maximum atomic E-state index is 12.5. The lowest BCUT2D eigenvalue weighted by Gasteiger charge is -2.17. The van der Waals surface area contributed by atoms with Crippen molar-refractivity contribution in [3.8, 4) is 0 Å². The van der Waals surface area contributed by atoms with Crippen LogP contribution in [0.25, 0.3) is 0 Å². The average molecular weight is 719 g/mol. The van der Waals surface area contributed by atoms with E-state index in [9.17, 15) is 9.59 Å². The van der Waals surface area contributed by atoms with Crippen LogP contribution < -0.4 is 0 Å².